The number of benzene rings is 1. The lowest BCUT2D eigenvalue weighted by Gasteiger charge is -2.10. The molecule has 5 heteroatoms. The van der Waals surface area contributed by atoms with Crippen molar-refractivity contribution in [3.8, 4) is 22.8 Å². The second-order valence-electron chi connectivity index (χ2n) is 3.78. The Hall–Kier alpha value is -2.56. The molecule has 1 heterocycles. The highest BCUT2D eigenvalue weighted by Gasteiger charge is 2.14. The number of carboxylic acid groups (broad SMARTS) is 1. The smallest absolute Gasteiger partial charge is 0.339 e. The molecule has 98 valence electrons. The van der Waals surface area contributed by atoms with E-state index in [0.717, 1.165) is 11.1 Å². The van der Waals surface area contributed by atoms with Gasteiger partial charge >= 0.3 is 5.97 Å². The maximum absolute atomic E-state index is 11.0. The molecule has 0 fully saturated rings. The zero-order valence-corrected chi connectivity index (χ0v) is 10.6. The van der Waals surface area contributed by atoms with Crippen LogP contribution >= 0.6 is 0 Å². The third kappa shape index (κ3) is 2.49. The number of nitrogens with zero attached hydrogens (tertiary/aromatic N) is 1. The maximum atomic E-state index is 11.0. The van der Waals surface area contributed by atoms with Crippen LogP contribution in [0.2, 0.25) is 0 Å². The van der Waals surface area contributed by atoms with Gasteiger partial charge < -0.3 is 14.6 Å². The molecule has 0 saturated heterocycles. The van der Waals surface area contributed by atoms with Gasteiger partial charge in [-0.15, -0.1) is 0 Å². The number of rotatable bonds is 4. The Labute approximate surface area is 110 Å². The molecule has 0 atom stereocenters. The summed E-state index contributed by atoms with van der Waals surface area (Å²) in [5.74, 6) is -0.245. The lowest BCUT2D eigenvalue weighted by atomic mass is 10.0. The Morgan fingerprint density at radius 3 is 2.63 bits per heavy atom. The minimum absolute atomic E-state index is 0.120. The number of carboxylic acids is 1. The highest BCUT2D eigenvalue weighted by atomic mass is 16.5. The van der Waals surface area contributed by atoms with Gasteiger partial charge in [0.25, 0.3) is 0 Å². The summed E-state index contributed by atoms with van der Waals surface area (Å²) in [5, 5.41) is 9.04. The molecule has 0 aliphatic carbocycles. The van der Waals surface area contributed by atoms with Crippen LogP contribution in [0.3, 0.4) is 0 Å². The van der Waals surface area contributed by atoms with Crippen molar-refractivity contribution in [1.29, 1.82) is 0 Å². The molecule has 2 aromatic rings. The van der Waals surface area contributed by atoms with E-state index in [1.54, 1.807) is 24.4 Å². The van der Waals surface area contributed by atoms with Crippen molar-refractivity contribution in [3.63, 3.8) is 0 Å². The minimum Gasteiger partial charge on any atom is -0.496 e. The topological polar surface area (TPSA) is 68.7 Å². The molecule has 1 aromatic heterocycles. The summed E-state index contributed by atoms with van der Waals surface area (Å²) in [7, 11) is 2.97. The fourth-order valence-corrected chi connectivity index (χ4v) is 1.81. The molecular formula is C14H13NO4. The molecule has 5 nitrogen and oxygen atoms in total. The molecule has 0 radical (unpaired) electrons. The molecule has 0 spiro atoms. The van der Waals surface area contributed by atoms with E-state index in [2.05, 4.69) is 4.98 Å². The predicted molar refractivity (Wildman–Crippen MR) is 69.7 cm³/mol. The van der Waals surface area contributed by atoms with Crippen molar-refractivity contribution >= 4 is 5.97 Å². The second kappa shape index (κ2) is 5.39. The first-order valence-corrected chi connectivity index (χ1v) is 5.58. The van der Waals surface area contributed by atoms with Crippen LogP contribution in [0.25, 0.3) is 11.1 Å². The second-order valence-corrected chi connectivity index (χ2v) is 3.78. The number of hydrogen-bond donors (Lipinski definition) is 1. The van der Waals surface area contributed by atoms with Crippen molar-refractivity contribution < 1.29 is 19.4 Å². The fourth-order valence-electron chi connectivity index (χ4n) is 1.81. The Bertz CT molecular complexity index is 610. The van der Waals surface area contributed by atoms with Gasteiger partial charge in [0.2, 0.25) is 5.88 Å². The first kappa shape index (κ1) is 12.9. The Kier molecular flexibility index (Phi) is 3.66. The van der Waals surface area contributed by atoms with E-state index < -0.39 is 5.97 Å². The van der Waals surface area contributed by atoms with Gasteiger partial charge in [0.15, 0.2) is 0 Å². The highest BCUT2D eigenvalue weighted by Crippen LogP contribution is 2.31. The summed E-state index contributed by atoms with van der Waals surface area (Å²) >= 11 is 0. The van der Waals surface area contributed by atoms with Gasteiger partial charge in [-0.2, -0.15) is 0 Å². The number of hydrogen-bond acceptors (Lipinski definition) is 4. The van der Waals surface area contributed by atoms with Crippen molar-refractivity contribution in [3.05, 3.63) is 42.1 Å². The standard InChI is InChI=1S/C14H13NO4/c1-18-12-8-9(5-6-11(12)14(16)17)10-4-3-7-15-13(10)19-2/h3-8H,1-2H3,(H,16,17). The predicted octanol–water partition coefficient (Wildman–Crippen LogP) is 2.46. The Balaban J connectivity index is 2.55. The van der Waals surface area contributed by atoms with Crippen LogP contribution in [0.4, 0.5) is 0 Å². The summed E-state index contributed by atoms with van der Waals surface area (Å²) in [6, 6.07) is 8.49. The van der Waals surface area contributed by atoms with Crippen LogP contribution in [0.5, 0.6) is 11.6 Å². The van der Waals surface area contributed by atoms with Crippen molar-refractivity contribution in [2.45, 2.75) is 0 Å². The van der Waals surface area contributed by atoms with Gasteiger partial charge in [0, 0.05) is 11.8 Å². The molecule has 0 bridgehead atoms. The zero-order chi connectivity index (χ0) is 13.8. The average Bonchev–Trinajstić information content (AvgIpc) is 2.46. The third-order valence-corrected chi connectivity index (χ3v) is 2.71. The Morgan fingerprint density at radius 2 is 2.00 bits per heavy atom. The molecule has 0 aliphatic heterocycles. The zero-order valence-electron chi connectivity index (χ0n) is 10.6. The van der Waals surface area contributed by atoms with Crippen LogP contribution < -0.4 is 9.47 Å². The molecule has 1 aromatic carbocycles. The summed E-state index contributed by atoms with van der Waals surface area (Å²) in [6.45, 7) is 0. The Morgan fingerprint density at radius 1 is 1.21 bits per heavy atom. The molecular weight excluding hydrogens is 246 g/mol. The van der Waals surface area contributed by atoms with Crippen LogP contribution in [-0.2, 0) is 0 Å². The van der Waals surface area contributed by atoms with E-state index in [9.17, 15) is 4.79 Å². The SMILES string of the molecule is COc1cc(-c2cccnc2OC)ccc1C(=O)O. The average molecular weight is 259 g/mol. The van der Waals surface area contributed by atoms with E-state index in [1.165, 1.54) is 20.3 Å². The number of pyridine rings is 1. The van der Waals surface area contributed by atoms with E-state index in [1.807, 2.05) is 6.07 Å². The molecule has 19 heavy (non-hydrogen) atoms. The van der Waals surface area contributed by atoms with E-state index in [-0.39, 0.29) is 5.56 Å². The van der Waals surface area contributed by atoms with E-state index >= 15 is 0 Å². The molecule has 0 amide bonds. The van der Waals surface area contributed by atoms with E-state index in [4.69, 9.17) is 14.6 Å². The number of aromatic carboxylic acids is 1. The van der Waals surface area contributed by atoms with Gasteiger partial charge in [0.05, 0.1) is 14.2 Å². The summed E-state index contributed by atoms with van der Waals surface area (Å²) in [4.78, 5) is 15.1. The quantitative estimate of drug-likeness (QED) is 0.913. The molecule has 1 N–H and O–H groups in total. The van der Waals surface area contributed by atoms with Gasteiger partial charge in [-0.05, 0) is 29.8 Å². The molecule has 0 saturated carbocycles. The largest absolute Gasteiger partial charge is 0.496 e. The van der Waals surface area contributed by atoms with Gasteiger partial charge in [-0.3, -0.25) is 0 Å². The van der Waals surface area contributed by atoms with Gasteiger partial charge in [-0.25, -0.2) is 9.78 Å². The minimum atomic E-state index is -1.03. The molecule has 2 rings (SSSR count). The number of ether oxygens (including phenoxy) is 2. The van der Waals surface area contributed by atoms with Crippen molar-refractivity contribution in [2.75, 3.05) is 14.2 Å². The van der Waals surface area contributed by atoms with Crippen LogP contribution in [-0.4, -0.2) is 30.3 Å². The third-order valence-electron chi connectivity index (χ3n) is 2.71. The van der Waals surface area contributed by atoms with Crippen LogP contribution in [0, 0.1) is 0 Å². The highest BCUT2D eigenvalue weighted by molar-refractivity contribution is 5.92. The fraction of sp³-hybridized carbons (Fsp3) is 0.143. The molecule has 0 aliphatic rings. The number of carbonyl (C=O) groups is 1. The summed E-state index contributed by atoms with van der Waals surface area (Å²) in [5.41, 5.74) is 1.68. The normalized spacial score (nSPS) is 10.0. The number of methoxy groups -OCH3 is 2. The van der Waals surface area contributed by atoms with Crippen molar-refractivity contribution in [2.24, 2.45) is 0 Å². The summed E-state index contributed by atoms with van der Waals surface area (Å²) in [6.07, 6.45) is 1.63. The first-order valence-electron chi connectivity index (χ1n) is 5.58. The van der Waals surface area contributed by atoms with Crippen LogP contribution in [0.1, 0.15) is 10.4 Å². The number of aromatic nitrogens is 1. The molecule has 0 unspecified atom stereocenters. The lowest BCUT2D eigenvalue weighted by Crippen LogP contribution is -2.00. The van der Waals surface area contributed by atoms with Gasteiger partial charge in [0.1, 0.15) is 11.3 Å². The van der Waals surface area contributed by atoms with Crippen LogP contribution in [0.15, 0.2) is 36.5 Å². The maximum Gasteiger partial charge on any atom is 0.339 e. The van der Waals surface area contributed by atoms with E-state index in [0.29, 0.717) is 11.6 Å². The lowest BCUT2D eigenvalue weighted by molar-refractivity contribution is 0.0693. The van der Waals surface area contributed by atoms with Gasteiger partial charge in [-0.1, -0.05) is 6.07 Å². The summed E-state index contributed by atoms with van der Waals surface area (Å²) < 4.78 is 10.3. The monoisotopic (exact) mass is 259 g/mol. The first-order chi connectivity index (χ1) is 9.17. The van der Waals surface area contributed by atoms with Crippen molar-refractivity contribution in [1.82, 2.24) is 4.98 Å².